The number of urea groups is 1. The van der Waals surface area contributed by atoms with Crippen LogP contribution in [0.5, 0.6) is 0 Å². The van der Waals surface area contributed by atoms with Crippen LogP contribution >= 0.6 is 0 Å². The summed E-state index contributed by atoms with van der Waals surface area (Å²) in [6.07, 6.45) is 6.43. The minimum absolute atomic E-state index is 0.0229. The summed E-state index contributed by atoms with van der Waals surface area (Å²) in [4.78, 5) is 69.5. The van der Waals surface area contributed by atoms with Crippen LogP contribution in [0.25, 0.3) is 0 Å². The second-order valence-corrected chi connectivity index (χ2v) is 17.3. The molecule has 0 aromatic rings. The molecule has 276 valence electrons. The second-order valence-electron chi connectivity index (χ2n) is 14.9. The number of nitrogens with zero attached hydrogens (tertiary/aromatic N) is 2. The number of fused-ring (bicyclic) bond motifs is 1. The first-order chi connectivity index (χ1) is 22.9. The van der Waals surface area contributed by atoms with Gasteiger partial charge in [-0.15, -0.1) is 6.58 Å². The van der Waals surface area contributed by atoms with Gasteiger partial charge in [-0.05, 0) is 55.8 Å². The average molecular weight is 707 g/mol. The summed E-state index contributed by atoms with van der Waals surface area (Å²) >= 11 is 0. The van der Waals surface area contributed by atoms with Crippen LogP contribution < -0.4 is 21.3 Å². The number of carbonyl (C=O) groups excluding carboxylic acids is 5. The minimum atomic E-state index is -3.51. The zero-order valence-electron chi connectivity index (χ0n) is 30.4. The third-order valence-corrected chi connectivity index (χ3v) is 12.8. The van der Waals surface area contributed by atoms with Gasteiger partial charge in [0.1, 0.15) is 12.1 Å². The lowest BCUT2D eigenvalue weighted by Crippen LogP contribution is -2.63. The molecule has 0 aromatic heterocycles. The molecule has 0 radical (unpaired) electrons. The highest BCUT2D eigenvalue weighted by Gasteiger charge is 2.70. The highest BCUT2D eigenvalue weighted by Crippen LogP contribution is 2.65. The van der Waals surface area contributed by atoms with Crippen molar-refractivity contribution in [3.63, 3.8) is 0 Å². The molecule has 2 saturated carbocycles. The van der Waals surface area contributed by atoms with Crippen molar-refractivity contribution in [1.82, 2.24) is 30.5 Å². The fraction of sp³-hybridized carbons (Fsp3) is 0.743. The Morgan fingerprint density at radius 1 is 1.00 bits per heavy atom. The number of Topliss-reactive ketones (excluding diaryl/α,β-unsaturated/α-hetero) is 1. The summed E-state index contributed by atoms with van der Waals surface area (Å²) in [6.45, 7) is 19.1. The van der Waals surface area contributed by atoms with Crippen molar-refractivity contribution in [2.24, 2.45) is 22.7 Å². The van der Waals surface area contributed by atoms with Gasteiger partial charge in [-0.1, -0.05) is 71.6 Å². The maximum atomic E-state index is 14.7. The molecule has 3 aliphatic rings. The van der Waals surface area contributed by atoms with Gasteiger partial charge >= 0.3 is 6.03 Å². The molecule has 2 aliphatic carbocycles. The Morgan fingerprint density at radius 2 is 1.63 bits per heavy atom. The van der Waals surface area contributed by atoms with E-state index in [1.807, 2.05) is 13.8 Å². The Morgan fingerprint density at radius 3 is 2.18 bits per heavy atom. The third kappa shape index (κ3) is 9.11. The van der Waals surface area contributed by atoms with Crippen LogP contribution in [-0.4, -0.2) is 104 Å². The molecule has 13 nitrogen and oxygen atoms in total. The van der Waals surface area contributed by atoms with Crippen molar-refractivity contribution in [1.29, 1.82) is 0 Å². The van der Waals surface area contributed by atoms with Gasteiger partial charge in [-0.2, -0.15) is 0 Å². The molecule has 0 spiro atoms. The Hall–Kier alpha value is -3.26. The SMILES string of the molecule is C=CCNC(=O)C(=O)C(CCC)NC(=O)[C@@H]1[C@@H]2[C@H](CN1C(=O)[C@@H](NC(=O)N[C@H](CN(C)S(=O)(=O)CC)C(=C)C)C1(C)CCCCC1)C2(C)C. The largest absolute Gasteiger partial charge is 0.346 e. The predicted molar refractivity (Wildman–Crippen MR) is 189 cm³/mol. The lowest BCUT2D eigenvalue weighted by atomic mass is 9.70. The number of ketones is 1. The van der Waals surface area contributed by atoms with E-state index in [0.717, 1.165) is 19.3 Å². The van der Waals surface area contributed by atoms with E-state index in [2.05, 4.69) is 48.3 Å². The minimum Gasteiger partial charge on any atom is -0.346 e. The zero-order valence-corrected chi connectivity index (χ0v) is 31.2. The van der Waals surface area contributed by atoms with Gasteiger partial charge in [0.05, 0.1) is 17.8 Å². The number of hydrogen-bond acceptors (Lipinski definition) is 7. The van der Waals surface area contributed by atoms with E-state index in [1.165, 1.54) is 17.4 Å². The Kier molecular flexibility index (Phi) is 13.3. The smallest absolute Gasteiger partial charge is 0.315 e. The molecule has 3 fully saturated rings. The van der Waals surface area contributed by atoms with E-state index in [9.17, 15) is 32.4 Å². The quantitative estimate of drug-likeness (QED) is 0.133. The number of nitrogens with one attached hydrogen (secondary N) is 4. The summed E-state index contributed by atoms with van der Waals surface area (Å²) in [5, 5.41) is 11.1. The van der Waals surface area contributed by atoms with E-state index >= 15 is 0 Å². The highest BCUT2D eigenvalue weighted by molar-refractivity contribution is 7.89. The van der Waals surface area contributed by atoms with Crippen molar-refractivity contribution in [3.8, 4) is 0 Å². The molecular formula is C35H58N6O7S. The lowest BCUT2D eigenvalue weighted by molar-refractivity contribution is -0.146. The van der Waals surface area contributed by atoms with Crippen molar-refractivity contribution in [2.75, 3.05) is 32.4 Å². The molecule has 3 rings (SSSR count). The van der Waals surface area contributed by atoms with Crippen LogP contribution in [0.3, 0.4) is 0 Å². The first kappa shape index (κ1) is 40.2. The van der Waals surface area contributed by atoms with Gasteiger partial charge in [-0.25, -0.2) is 17.5 Å². The number of likely N-dealkylation sites (tertiary alicyclic amines) is 1. The second kappa shape index (κ2) is 16.2. The van der Waals surface area contributed by atoms with Crippen LogP contribution in [0.2, 0.25) is 0 Å². The maximum Gasteiger partial charge on any atom is 0.315 e. The molecule has 5 amide bonds. The Labute approximate surface area is 292 Å². The van der Waals surface area contributed by atoms with Crippen LogP contribution in [0.1, 0.15) is 86.5 Å². The zero-order chi connectivity index (χ0) is 36.9. The summed E-state index contributed by atoms with van der Waals surface area (Å²) < 4.78 is 26.0. The van der Waals surface area contributed by atoms with Gasteiger partial charge in [0.25, 0.3) is 5.91 Å². The lowest BCUT2D eigenvalue weighted by Gasteiger charge is -2.43. The van der Waals surface area contributed by atoms with Gasteiger partial charge in [-0.3, -0.25) is 19.2 Å². The van der Waals surface area contributed by atoms with Crippen LogP contribution in [-0.2, 0) is 29.2 Å². The van der Waals surface area contributed by atoms with Gasteiger partial charge < -0.3 is 26.2 Å². The van der Waals surface area contributed by atoms with Gasteiger partial charge in [0.2, 0.25) is 27.6 Å². The maximum absolute atomic E-state index is 14.7. The van der Waals surface area contributed by atoms with Crippen LogP contribution in [0.15, 0.2) is 24.8 Å². The van der Waals surface area contributed by atoms with E-state index in [-0.39, 0.29) is 48.4 Å². The molecule has 6 atom stereocenters. The Bertz CT molecular complexity index is 1410. The molecule has 49 heavy (non-hydrogen) atoms. The number of sulfonamides is 1. The summed E-state index contributed by atoms with van der Waals surface area (Å²) in [5.74, 6) is -2.62. The standard InChI is InChI=1S/C35H58N6O7S/c1-10-16-24(28(42)31(44)36-19-11-2)37-30(43)27-26-23(34(26,6)7)20-41(27)32(45)29(35(8)17-14-13-15-18-35)39-33(46)38-25(22(4)5)21-40(9)49(47,48)12-3/h11,23-27,29H,2,4,10,12-21H2,1,3,5-9H3,(H,36,44)(H,37,43)(H2,38,39,46)/t23-,24?,25+,26-,27-,29+/m0/s1. The molecular weight excluding hydrogens is 648 g/mol. The van der Waals surface area contributed by atoms with E-state index in [4.69, 9.17) is 0 Å². The van der Waals surface area contributed by atoms with Crippen LogP contribution in [0, 0.1) is 22.7 Å². The molecule has 1 aliphatic heterocycles. The van der Waals surface area contributed by atoms with Crippen molar-refractivity contribution < 1.29 is 32.4 Å². The van der Waals surface area contributed by atoms with Gasteiger partial charge in [0.15, 0.2) is 0 Å². The Balaban J connectivity index is 1.89. The average Bonchev–Trinajstić information content (AvgIpc) is 3.35. The van der Waals surface area contributed by atoms with E-state index in [0.29, 0.717) is 31.4 Å². The first-order valence-electron chi connectivity index (χ1n) is 17.6. The number of likely N-dealkylation sites (N-methyl/N-ethyl adjacent to an activating group) is 1. The summed E-state index contributed by atoms with van der Waals surface area (Å²) in [6, 6.07) is -4.25. The van der Waals surface area contributed by atoms with Crippen molar-refractivity contribution in [2.45, 2.75) is 111 Å². The third-order valence-electron chi connectivity index (χ3n) is 11.0. The molecule has 0 bridgehead atoms. The van der Waals surface area contributed by atoms with Crippen molar-refractivity contribution >= 4 is 39.6 Å². The number of piperidine rings is 1. The van der Waals surface area contributed by atoms with Crippen LogP contribution in [0.4, 0.5) is 4.79 Å². The van der Waals surface area contributed by atoms with E-state index < -0.39 is 63.2 Å². The summed E-state index contributed by atoms with van der Waals surface area (Å²) in [7, 11) is -2.07. The molecule has 0 aromatic carbocycles. The number of amides is 5. The monoisotopic (exact) mass is 706 g/mol. The fourth-order valence-electron chi connectivity index (χ4n) is 7.63. The number of carbonyl (C=O) groups is 5. The van der Waals surface area contributed by atoms with Crippen molar-refractivity contribution in [3.05, 3.63) is 24.8 Å². The molecule has 1 saturated heterocycles. The molecule has 4 N–H and O–H groups in total. The van der Waals surface area contributed by atoms with E-state index in [1.54, 1.807) is 18.7 Å². The summed E-state index contributed by atoms with van der Waals surface area (Å²) in [5.41, 5.74) is -0.256. The number of hydrogen-bond donors (Lipinski definition) is 4. The molecule has 1 unspecified atom stereocenters. The first-order valence-corrected chi connectivity index (χ1v) is 19.2. The molecule has 14 heteroatoms. The number of rotatable bonds is 17. The fourth-order valence-corrected chi connectivity index (χ4v) is 8.45. The highest BCUT2D eigenvalue weighted by atomic mass is 32.2. The molecule has 1 heterocycles. The predicted octanol–water partition coefficient (Wildman–Crippen LogP) is 2.49. The topological polar surface area (TPSA) is 174 Å². The normalized spacial score (nSPS) is 24.1. The van der Waals surface area contributed by atoms with Gasteiger partial charge in [0, 0.05) is 26.7 Å².